The van der Waals surface area contributed by atoms with Crippen molar-refractivity contribution in [3.8, 4) is 11.5 Å². The van der Waals surface area contributed by atoms with Crippen molar-refractivity contribution in [2.75, 3.05) is 11.9 Å². The van der Waals surface area contributed by atoms with E-state index in [4.69, 9.17) is 0 Å². The fraction of sp³-hybridized carbons (Fsp3) is 0.379. The Morgan fingerprint density at radius 3 is 2.25 bits per heavy atom. The van der Waals surface area contributed by atoms with Gasteiger partial charge in [0.2, 0.25) is 0 Å². The molecule has 2 aliphatic heterocycles. The molecule has 1 atom stereocenters. The van der Waals surface area contributed by atoms with Gasteiger partial charge in [0.15, 0.2) is 5.54 Å². The van der Waals surface area contributed by atoms with Crippen molar-refractivity contribution in [2.45, 2.75) is 63.7 Å². The molecule has 36 heavy (non-hydrogen) atoms. The molecule has 1 unspecified atom stereocenters. The first-order valence-electron chi connectivity index (χ1n) is 12.6. The minimum absolute atomic E-state index is 0.164. The number of para-hydroxylation sites is 1. The molecule has 1 spiro atoms. The van der Waals surface area contributed by atoms with Crippen LogP contribution in [0.5, 0.6) is 0 Å². The number of hydrogen-bond acceptors (Lipinski definition) is 2. The second kappa shape index (κ2) is 8.36. The number of carbonyl (C=O) groups excluding carboxylic acids is 2. The van der Waals surface area contributed by atoms with Gasteiger partial charge in [-0.2, -0.15) is 0 Å². The highest BCUT2D eigenvalue weighted by atomic mass is 79.9. The topological polar surface area (TPSA) is 54.3 Å². The van der Waals surface area contributed by atoms with E-state index in [0.717, 1.165) is 32.2 Å². The normalized spacial score (nSPS) is 18.9. The first-order valence-corrected chi connectivity index (χ1v) is 15.6. The molecular formula is C29H32BrN3O2Si. The zero-order valence-corrected chi connectivity index (χ0v) is 24.4. The predicted octanol–water partition coefficient (Wildman–Crippen LogP) is 6.76. The minimum atomic E-state index is -1.99. The lowest BCUT2D eigenvalue weighted by molar-refractivity contribution is -0.122. The number of nitrogens with zero attached hydrogens (tertiary/aromatic N) is 2. The lowest BCUT2D eigenvalue weighted by Crippen LogP contribution is -2.57. The fourth-order valence-electron chi connectivity index (χ4n) is 6.71. The Hall–Kier alpha value is -2.82. The van der Waals surface area contributed by atoms with Crippen molar-refractivity contribution >= 4 is 52.5 Å². The van der Waals surface area contributed by atoms with Crippen LogP contribution in [0, 0.1) is 11.5 Å². The Labute approximate surface area is 222 Å². The Kier molecular flexibility index (Phi) is 5.77. The van der Waals surface area contributed by atoms with Crippen molar-refractivity contribution in [3.63, 3.8) is 0 Å². The van der Waals surface area contributed by atoms with E-state index >= 15 is 0 Å². The molecule has 2 aliphatic rings. The lowest BCUT2D eigenvalue weighted by atomic mass is 9.82. The minimum Gasteiger partial charge on any atom is -0.315 e. The molecule has 5 nitrogen and oxygen atoms in total. The van der Waals surface area contributed by atoms with Gasteiger partial charge >= 0.3 is 6.03 Å². The van der Waals surface area contributed by atoms with Crippen LogP contribution in [-0.4, -0.2) is 31.6 Å². The van der Waals surface area contributed by atoms with Crippen LogP contribution < -0.4 is 10.2 Å². The molecule has 2 aromatic carbocycles. The smallest absolute Gasteiger partial charge is 0.315 e. The van der Waals surface area contributed by atoms with E-state index in [1.165, 1.54) is 0 Å². The van der Waals surface area contributed by atoms with Gasteiger partial charge in [-0.3, -0.25) is 9.36 Å². The van der Waals surface area contributed by atoms with Gasteiger partial charge < -0.3 is 10.2 Å². The maximum Gasteiger partial charge on any atom is 0.328 e. The van der Waals surface area contributed by atoms with E-state index in [9.17, 15) is 9.59 Å². The van der Waals surface area contributed by atoms with E-state index in [-0.39, 0.29) is 11.9 Å². The maximum atomic E-state index is 13.8. The second-order valence-corrected chi connectivity index (χ2v) is 17.5. The third-order valence-corrected chi connectivity index (χ3v) is 15.1. The van der Waals surface area contributed by atoms with Crippen LogP contribution >= 0.6 is 15.9 Å². The molecule has 0 radical (unpaired) electrons. The van der Waals surface area contributed by atoms with Crippen molar-refractivity contribution in [1.82, 2.24) is 9.88 Å². The van der Waals surface area contributed by atoms with Gasteiger partial charge in [-0.25, -0.2) is 4.79 Å². The summed E-state index contributed by atoms with van der Waals surface area (Å²) in [6.45, 7) is 13.7. The highest BCUT2D eigenvalue weighted by molar-refractivity contribution is 9.10. The number of aromatic nitrogens is 1. The van der Waals surface area contributed by atoms with Crippen molar-refractivity contribution in [3.05, 3.63) is 63.8 Å². The molecule has 0 aliphatic carbocycles. The highest BCUT2D eigenvalue weighted by Crippen LogP contribution is 2.48. The standard InChI is InChI=1S/C29H32BrN3O2Si/c1-17(2)36(18(3)4,19(5)6)14-13-22-15-20-9-8-10-24-26(20)33(22)28(35)31-29(24)23-12-11-21(30)16-25(23)32(7)27(29)34/h8-12,15-19H,1-7H3,(H,31,35). The molecular weight excluding hydrogens is 530 g/mol. The summed E-state index contributed by atoms with van der Waals surface area (Å²) in [5.74, 6) is 3.30. The van der Waals surface area contributed by atoms with Gasteiger partial charge in [0.05, 0.1) is 11.2 Å². The Morgan fingerprint density at radius 1 is 0.944 bits per heavy atom. The Bertz CT molecular complexity index is 1470. The quantitative estimate of drug-likeness (QED) is 0.283. The number of amides is 2. The number of nitrogens with one attached hydrogen (secondary N) is 1. The fourth-order valence-corrected chi connectivity index (χ4v) is 12.3. The first kappa shape index (κ1) is 24.9. The van der Waals surface area contributed by atoms with E-state index < -0.39 is 13.6 Å². The van der Waals surface area contributed by atoms with E-state index in [1.54, 1.807) is 16.5 Å². The molecule has 1 aromatic heterocycles. The molecule has 5 rings (SSSR count). The van der Waals surface area contributed by atoms with Crippen molar-refractivity contribution in [2.24, 2.45) is 0 Å². The van der Waals surface area contributed by atoms with Gasteiger partial charge in [0, 0.05) is 28.0 Å². The molecule has 0 saturated heterocycles. The number of hydrogen-bond donors (Lipinski definition) is 1. The molecule has 1 N–H and O–H groups in total. The van der Waals surface area contributed by atoms with Crippen LogP contribution in [0.4, 0.5) is 10.5 Å². The number of rotatable bonds is 3. The highest BCUT2D eigenvalue weighted by Gasteiger charge is 2.55. The SMILES string of the molecule is CC(C)[Si](C#Cc1cc2cccc3c2n1C(=O)NC31C(=O)N(C)c2cc(Br)ccc21)(C(C)C)C(C)C. The van der Waals surface area contributed by atoms with Gasteiger partial charge in [-0.15, -0.1) is 5.54 Å². The third-order valence-electron chi connectivity index (χ3n) is 8.35. The van der Waals surface area contributed by atoms with Crippen LogP contribution in [0.25, 0.3) is 10.9 Å². The van der Waals surface area contributed by atoms with Gasteiger partial charge in [-0.05, 0) is 34.8 Å². The molecule has 3 aromatic rings. The summed E-state index contributed by atoms with van der Waals surface area (Å²) in [4.78, 5) is 29.2. The van der Waals surface area contributed by atoms with E-state index in [1.807, 2.05) is 42.5 Å². The predicted molar refractivity (Wildman–Crippen MR) is 152 cm³/mol. The molecule has 3 heterocycles. The summed E-state index contributed by atoms with van der Waals surface area (Å²) in [7, 11) is -0.232. The van der Waals surface area contributed by atoms with E-state index in [2.05, 4.69) is 74.3 Å². The first-order chi connectivity index (χ1) is 17.0. The number of fused-ring (bicyclic) bond motifs is 3. The number of carbonyl (C=O) groups is 2. The lowest BCUT2D eigenvalue weighted by Gasteiger charge is -2.38. The van der Waals surface area contributed by atoms with Crippen LogP contribution in [-0.2, 0) is 10.3 Å². The average Bonchev–Trinajstić information content (AvgIpc) is 3.28. The summed E-state index contributed by atoms with van der Waals surface area (Å²) in [5, 5.41) is 4.03. The largest absolute Gasteiger partial charge is 0.328 e. The zero-order valence-electron chi connectivity index (χ0n) is 21.9. The van der Waals surface area contributed by atoms with Crippen LogP contribution in [0.2, 0.25) is 16.6 Å². The summed E-state index contributed by atoms with van der Waals surface area (Å²) >= 11 is 3.52. The Balaban J connectivity index is 1.77. The third kappa shape index (κ3) is 3.13. The zero-order chi connectivity index (χ0) is 26.2. The number of likely N-dealkylation sites (N-methyl/N-ethyl adjacent to an activating group) is 1. The van der Waals surface area contributed by atoms with E-state index in [0.29, 0.717) is 22.3 Å². The average molecular weight is 563 g/mol. The number of benzene rings is 2. The van der Waals surface area contributed by atoms with Gasteiger partial charge in [0.25, 0.3) is 5.91 Å². The van der Waals surface area contributed by atoms with Crippen molar-refractivity contribution < 1.29 is 9.59 Å². The summed E-state index contributed by atoms with van der Waals surface area (Å²) < 4.78 is 2.56. The monoisotopic (exact) mass is 561 g/mol. The molecule has 186 valence electrons. The summed E-state index contributed by atoms with van der Waals surface area (Å²) in [6.07, 6.45) is 0. The molecule has 2 amide bonds. The summed E-state index contributed by atoms with van der Waals surface area (Å²) in [6, 6.07) is 13.3. The summed E-state index contributed by atoms with van der Waals surface area (Å²) in [5.41, 5.74) is 7.76. The molecule has 7 heteroatoms. The second-order valence-electron chi connectivity index (χ2n) is 11.0. The molecule has 0 saturated carbocycles. The number of halogens is 1. The Morgan fingerprint density at radius 2 is 1.61 bits per heavy atom. The molecule has 0 bridgehead atoms. The van der Waals surface area contributed by atoms with Gasteiger partial charge in [0.1, 0.15) is 13.8 Å². The van der Waals surface area contributed by atoms with Crippen LogP contribution in [0.1, 0.15) is 58.4 Å². The van der Waals surface area contributed by atoms with Gasteiger partial charge in [-0.1, -0.05) is 87.7 Å². The number of anilines is 1. The molecule has 0 fully saturated rings. The van der Waals surface area contributed by atoms with Crippen molar-refractivity contribution in [1.29, 1.82) is 0 Å². The van der Waals surface area contributed by atoms with Crippen LogP contribution in [0.3, 0.4) is 0 Å². The maximum absolute atomic E-state index is 13.8. The van der Waals surface area contributed by atoms with Crippen LogP contribution in [0.15, 0.2) is 46.9 Å².